The van der Waals surface area contributed by atoms with E-state index in [1.54, 1.807) is 0 Å². The monoisotopic (exact) mass is 347 g/mol. The third-order valence-electron chi connectivity index (χ3n) is 3.78. The van der Waals surface area contributed by atoms with Crippen LogP contribution >= 0.6 is 0 Å². The summed E-state index contributed by atoms with van der Waals surface area (Å²) in [6, 6.07) is 8.30. The van der Waals surface area contributed by atoms with Crippen LogP contribution in [0.15, 0.2) is 36.4 Å². The first-order valence-electron chi connectivity index (χ1n) is 7.78. The topological polar surface area (TPSA) is 55.4 Å². The highest BCUT2D eigenvalue weighted by Crippen LogP contribution is 2.16. The molecule has 0 aliphatic rings. The lowest BCUT2D eigenvalue weighted by Gasteiger charge is -2.14. The van der Waals surface area contributed by atoms with Crippen molar-refractivity contribution in [3.8, 4) is 0 Å². The normalized spacial score (nSPS) is 11.7. The van der Waals surface area contributed by atoms with Crippen LogP contribution in [0.25, 0.3) is 0 Å². The first-order valence-corrected chi connectivity index (χ1v) is 7.78. The number of benzene rings is 2. The van der Waals surface area contributed by atoms with Gasteiger partial charge in [-0.1, -0.05) is 18.2 Å². The Morgan fingerprint density at radius 1 is 1.08 bits per heavy atom. The number of nitrogens with one attached hydrogen (secondary N) is 1. The molecule has 0 radical (unpaired) electrons. The summed E-state index contributed by atoms with van der Waals surface area (Å²) in [5.74, 6) is -2.77. The Morgan fingerprint density at radius 3 is 2.48 bits per heavy atom. The molecule has 2 rings (SSSR count). The average Bonchev–Trinajstić information content (AvgIpc) is 2.54. The minimum atomic E-state index is -1.14. The van der Waals surface area contributed by atoms with Gasteiger partial charge >= 0.3 is 5.97 Å². The molecular formula is C19H19F2NO3. The molecule has 2 aromatic carbocycles. The Labute approximate surface area is 144 Å². The van der Waals surface area contributed by atoms with Gasteiger partial charge in [0.2, 0.25) is 0 Å². The van der Waals surface area contributed by atoms with E-state index in [0.29, 0.717) is 0 Å². The van der Waals surface area contributed by atoms with Crippen molar-refractivity contribution in [1.82, 2.24) is 0 Å². The minimum Gasteiger partial charge on any atom is -0.452 e. The van der Waals surface area contributed by atoms with Crippen molar-refractivity contribution in [3.05, 3.63) is 64.7 Å². The largest absolute Gasteiger partial charge is 0.452 e. The summed E-state index contributed by atoms with van der Waals surface area (Å²) < 4.78 is 31.7. The molecule has 2 aromatic rings. The SMILES string of the molecule is Cc1ccc(CC(=O)O[C@H](C)C(=O)Nc2cc(F)ccc2F)cc1C. The number of hydrogen-bond donors (Lipinski definition) is 1. The molecule has 132 valence electrons. The molecule has 0 aliphatic heterocycles. The summed E-state index contributed by atoms with van der Waals surface area (Å²) >= 11 is 0. The summed E-state index contributed by atoms with van der Waals surface area (Å²) in [5, 5.41) is 2.21. The molecule has 25 heavy (non-hydrogen) atoms. The molecule has 6 heteroatoms. The molecule has 0 saturated heterocycles. The van der Waals surface area contributed by atoms with Gasteiger partial charge in [0.1, 0.15) is 11.6 Å². The second-order valence-electron chi connectivity index (χ2n) is 5.84. The van der Waals surface area contributed by atoms with Crippen LogP contribution < -0.4 is 5.32 Å². The van der Waals surface area contributed by atoms with Crippen molar-refractivity contribution in [2.45, 2.75) is 33.3 Å². The van der Waals surface area contributed by atoms with Crippen molar-refractivity contribution in [2.24, 2.45) is 0 Å². The number of amides is 1. The predicted molar refractivity (Wildman–Crippen MR) is 90.2 cm³/mol. The van der Waals surface area contributed by atoms with Gasteiger partial charge in [0.05, 0.1) is 12.1 Å². The second kappa shape index (κ2) is 7.88. The number of ether oxygens (including phenoxy) is 1. The zero-order valence-electron chi connectivity index (χ0n) is 14.2. The number of halogens is 2. The number of hydrogen-bond acceptors (Lipinski definition) is 3. The Hall–Kier alpha value is -2.76. The van der Waals surface area contributed by atoms with Gasteiger partial charge in [0, 0.05) is 6.07 Å². The molecule has 0 aliphatic carbocycles. The van der Waals surface area contributed by atoms with Crippen molar-refractivity contribution < 1.29 is 23.1 Å². The minimum absolute atomic E-state index is 0.0209. The van der Waals surface area contributed by atoms with E-state index >= 15 is 0 Å². The van der Waals surface area contributed by atoms with E-state index in [9.17, 15) is 18.4 Å². The summed E-state index contributed by atoms with van der Waals surface area (Å²) in [5.41, 5.74) is 2.64. The molecule has 4 nitrogen and oxygen atoms in total. The second-order valence-corrected chi connectivity index (χ2v) is 5.84. The molecular weight excluding hydrogens is 328 g/mol. The molecule has 1 atom stereocenters. The van der Waals surface area contributed by atoms with Crippen LogP contribution in [0.3, 0.4) is 0 Å². The summed E-state index contributed by atoms with van der Waals surface area (Å²) in [6.45, 7) is 5.27. The van der Waals surface area contributed by atoms with Gasteiger partial charge in [0.15, 0.2) is 6.10 Å². The molecule has 1 amide bonds. The highest BCUT2D eigenvalue weighted by molar-refractivity contribution is 5.95. The van der Waals surface area contributed by atoms with Crippen molar-refractivity contribution >= 4 is 17.6 Å². The van der Waals surface area contributed by atoms with Crippen LogP contribution in [0.1, 0.15) is 23.6 Å². The number of aryl methyl sites for hydroxylation is 2. The number of esters is 1. The molecule has 0 bridgehead atoms. The van der Waals surface area contributed by atoms with Crippen LogP contribution in [0, 0.1) is 25.5 Å². The first-order chi connectivity index (χ1) is 11.8. The highest BCUT2D eigenvalue weighted by Gasteiger charge is 2.19. The first kappa shape index (κ1) is 18.6. The van der Waals surface area contributed by atoms with Crippen LogP contribution in [0.2, 0.25) is 0 Å². The fourth-order valence-electron chi connectivity index (χ4n) is 2.20. The zero-order valence-corrected chi connectivity index (χ0v) is 14.2. The van der Waals surface area contributed by atoms with E-state index in [1.807, 2.05) is 32.0 Å². The smallest absolute Gasteiger partial charge is 0.311 e. The maximum Gasteiger partial charge on any atom is 0.311 e. The summed E-state index contributed by atoms with van der Waals surface area (Å²) in [6.07, 6.45) is -1.12. The van der Waals surface area contributed by atoms with Gasteiger partial charge in [-0.2, -0.15) is 0 Å². The third kappa shape index (κ3) is 5.11. The highest BCUT2D eigenvalue weighted by atomic mass is 19.1. The Morgan fingerprint density at radius 2 is 1.80 bits per heavy atom. The van der Waals surface area contributed by atoms with E-state index in [2.05, 4.69) is 5.32 Å². The van der Waals surface area contributed by atoms with Crippen molar-refractivity contribution in [1.29, 1.82) is 0 Å². The lowest BCUT2D eigenvalue weighted by molar-refractivity contribution is -0.152. The number of anilines is 1. The summed E-state index contributed by atoms with van der Waals surface area (Å²) in [7, 11) is 0. The third-order valence-corrected chi connectivity index (χ3v) is 3.78. The summed E-state index contributed by atoms with van der Waals surface area (Å²) in [4.78, 5) is 23.9. The van der Waals surface area contributed by atoms with Crippen molar-refractivity contribution in [2.75, 3.05) is 5.32 Å². The van der Waals surface area contributed by atoms with Gasteiger partial charge in [-0.05, 0) is 49.6 Å². The standard InChI is InChI=1S/C19H19F2NO3/c1-11-4-5-14(8-12(11)2)9-18(23)25-13(3)19(24)22-17-10-15(20)6-7-16(17)21/h4-8,10,13H,9H2,1-3H3,(H,22,24)/t13-/m1/s1. The Kier molecular flexibility index (Phi) is 5.85. The molecule has 0 saturated carbocycles. The fraction of sp³-hybridized carbons (Fsp3) is 0.263. The van der Waals surface area contributed by atoms with Gasteiger partial charge in [-0.25, -0.2) is 8.78 Å². The molecule has 1 N–H and O–H groups in total. The predicted octanol–water partition coefficient (Wildman–Crippen LogP) is 3.69. The zero-order chi connectivity index (χ0) is 18.6. The molecule has 0 aromatic heterocycles. The van der Waals surface area contributed by atoms with E-state index in [4.69, 9.17) is 4.74 Å². The van der Waals surface area contributed by atoms with Gasteiger partial charge < -0.3 is 10.1 Å². The van der Waals surface area contributed by atoms with Gasteiger partial charge in [-0.3, -0.25) is 9.59 Å². The lowest BCUT2D eigenvalue weighted by atomic mass is 10.0. The van der Waals surface area contributed by atoms with E-state index in [-0.39, 0.29) is 12.1 Å². The van der Waals surface area contributed by atoms with E-state index in [1.165, 1.54) is 6.92 Å². The maximum absolute atomic E-state index is 13.5. The molecule has 0 spiro atoms. The number of carbonyl (C=O) groups is 2. The van der Waals surface area contributed by atoms with Crippen LogP contribution in [-0.2, 0) is 20.7 Å². The number of rotatable bonds is 5. The Balaban J connectivity index is 1.94. The van der Waals surface area contributed by atoms with Crippen molar-refractivity contribution in [3.63, 3.8) is 0 Å². The molecule has 0 unspecified atom stereocenters. The van der Waals surface area contributed by atoms with Crippen LogP contribution in [0.4, 0.5) is 14.5 Å². The lowest BCUT2D eigenvalue weighted by Crippen LogP contribution is -2.30. The van der Waals surface area contributed by atoms with Gasteiger partial charge in [0.25, 0.3) is 5.91 Å². The van der Waals surface area contributed by atoms with Gasteiger partial charge in [-0.15, -0.1) is 0 Å². The van der Waals surface area contributed by atoms with E-state index < -0.39 is 29.6 Å². The number of carbonyl (C=O) groups excluding carboxylic acids is 2. The quantitative estimate of drug-likeness (QED) is 0.839. The van der Waals surface area contributed by atoms with Crippen LogP contribution in [-0.4, -0.2) is 18.0 Å². The average molecular weight is 347 g/mol. The van der Waals surface area contributed by atoms with E-state index in [0.717, 1.165) is 34.9 Å². The molecule has 0 fully saturated rings. The molecule has 0 heterocycles. The fourth-order valence-corrected chi connectivity index (χ4v) is 2.20. The Bertz CT molecular complexity index is 805. The maximum atomic E-state index is 13.5. The van der Waals surface area contributed by atoms with Crippen LogP contribution in [0.5, 0.6) is 0 Å².